The summed E-state index contributed by atoms with van der Waals surface area (Å²) >= 11 is 0. The van der Waals surface area contributed by atoms with E-state index in [4.69, 9.17) is 9.16 Å². The fraction of sp³-hybridized carbons (Fsp3) is 0.500. The number of aromatic amines is 1. The molecule has 2 rings (SSSR count). The van der Waals surface area contributed by atoms with Crippen molar-refractivity contribution in [3.63, 3.8) is 0 Å². The highest BCUT2D eigenvalue weighted by atomic mass is 28.4. The van der Waals surface area contributed by atoms with Gasteiger partial charge in [-0.2, -0.15) is 0 Å². The van der Waals surface area contributed by atoms with Crippen molar-refractivity contribution in [2.45, 2.75) is 84.5 Å². The summed E-state index contributed by atoms with van der Waals surface area (Å²) < 4.78 is 24.8. The van der Waals surface area contributed by atoms with E-state index in [1.54, 1.807) is 18.2 Å². The molecule has 0 aliphatic rings. The first kappa shape index (κ1) is 28.7. The number of ether oxygens (including phenoxy) is 1. The topological polar surface area (TPSA) is 68.4 Å². The minimum absolute atomic E-state index is 0.0317. The van der Waals surface area contributed by atoms with Crippen LogP contribution in [0.15, 0.2) is 30.3 Å². The number of carbonyl (C=O) groups excluding carboxylic acids is 2. The van der Waals surface area contributed by atoms with E-state index in [0.717, 1.165) is 28.1 Å². The minimum Gasteiger partial charge on any atom is -0.469 e. The van der Waals surface area contributed by atoms with E-state index >= 15 is 0 Å². The van der Waals surface area contributed by atoms with Crippen LogP contribution in [0.1, 0.15) is 70.3 Å². The predicted octanol–water partition coefficient (Wildman–Crippen LogP) is 7.18. The summed E-state index contributed by atoms with van der Waals surface area (Å²) in [5.74, 6) is -0.619. The Labute approximate surface area is 210 Å². The molecular formula is C28H40FNO4Si. The molecule has 0 aliphatic carbocycles. The lowest BCUT2D eigenvalue weighted by Crippen LogP contribution is -2.44. The van der Waals surface area contributed by atoms with Crippen LogP contribution in [0.4, 0.5) is 4.39 Å². The number of halogens is 1. The van der Waals surface area contributed by atoms with Gasteiger partial charge in [0, 0.05) is 28.9 Å². The Bertz CT molecular complexity index is 1060. The summed E-state index contributed by atoms with van der Waals surface area (Å²) in [6.45, 7) is 16.7. The van der Waals surface area contributed by atoms with Gasteiger partial charge in [-0.15, -0.1) is 0 Å². The van der Waals surface area contributed by atoms with E-state index in [-0.39, 0.29) is 35.4 Å². The normalized spacial score (nSPS) is 13.5. The molecule has 0 spiro atoms. The predicted molar refractivity (Wildman–Crippen MR) is 142 cm³/mol. The van der Waals surface area contributed by atoms with Gasteiger partial charge in [-0.05, 0) is 60.8 Å². The molecule has 35 heavy (non-hydrogen) atoms. The zero-order valence-corrected chi connectivity index (χ0v) is 23.5. The number of aryl methyl sites for hydroxylation is 1. The molecular weight excluding hydrogens is 461 g/mol. The van der Waals surface area contributed by atoms with Crippen molar-refractivity contribution in [3.8, 4) is 11.1 Å². The molecule has 1 atom stereocenters. The fourth-order valence-electron chi connectivity index (χ4n) is 3.77. The zero-order chi connectivity index (χ0) is 26.6. The van der Waals surface area contributed by atoms with Gasteiger partial charge < -0.3 is 14.1 Å². The summed E-state index contributed by atoms with van der Waals surface area (Å²) in [7, 11) is -0.860. The second-order valence-electron chi connectivity index (χ2n) is 10.9. The number of allylic oxidation sites excluding steroid dienone is 1. The average Bonchev–Trinajstić information content (AvgIpc) is 3.08. The summed E-state index contributed by atoms with van der Waals surface area (Å²) in [5, 5.41) is -0.0564. The smallest absolute Gasteiger partial charge is 0.308 e. The summed E-state index contributed by atoms with van der Waals surface area (Å²) in [5.41, 5.74) is 4.70. The van der Waals surface area contributed by atoms with Crippen LogP contribution in [-0.4, -0.2) is 38.3 Å². The van der Waals surface area contributed by atoms with Crippen LogP contribution >= 0.6 is 0 Å². The van der Waals surface area contributed by atoms with E-state index in [1.165, 1.54) is 19.2 Å². The third kappa shape index (κ3) is 7.48. The summed E-state index contributed by atoms with van der Waals surface area (Å²) in [6.07, 6.45) is 2.95. The molecule has 5 nitrogen and oxygen atoms in total. The molecule has 1 aromatic heterocycles. The second kappa shape index (κ2) is 11.5. The van der Waals surface area contributed by atoms with Gasteiger partial charge in [-0.1, -0.05) is 46.8 Å². The number of benzene rings is 1. The molecule has 0 fully saturated rings. The molecule has 1 N–H and O–H groups in total. The number of rotatable bonds is 10. The molecule has 1 heterocycles. The Kier molecular flexibility index (Phi) is 9.42. The molecule has 0 bridgehead atoms. The Balaban J connectivity index is 2.35. The highest BCUT2D eigenvalue weighted by molar-refractivity contribution is 6.74. The van der Waals surface area contributed by atoms with Crippen LogP contribution in [0.3, 0.4) is 0 Å². The monoisotopic (exact) mass is 501 g/mol. The fourth-order valence-corrected chi connectivity index (χ4v) is 5.13. The van der Waals surface area contributed by atoms with Gasteiger partial charge in [0.15, 0.2) is 14.1 Å². The van der Waals surface area contributed by atoms with Crippen molar-refractivity contribution in [2.24, 2.45) is 0 Å². The largest absolute Gasteiger partial charge is 0.469 e. The Hall–Kier alpha value is -2.51. The van der Waals surface area contributed by atoms with Gasteiger partial charge in [-0.3, -0.25) is 9.59 Å². The molecule has 0 saturated heterocycles. The summed E-state index contributed by atoms with van der Waals surface area (Å²) in [6, 6.07) is 6.36. The van der Waals surface area contributed by atoms with Crippen molar-refractivity contribution >= 4 is 26.1 Å². The van der Waals surface area contributed by atoms with Crippen LogP contribution in [0.25, 0.3) is 17.2 Å². The van der Waals surface area contributed by atoms with Gasteiger partial charge in [0.1, 0.15) is 5.82 Å². The number of H-pyrrole nitrogens is 1. The highest BCUT2D eigenvalue weighted by Crippen LogP contribution is 2.38. The molecule has 2 aromatic rings. The van der Waals surface area contributed by atoms with Crippen molar-refractivity contribution in [2.75, 3.05) is 7.11 Å². The van der Waals surface area contributed by atoms with Gasteiger partial charge in [0.25, 0.3) is 0 Å². The van der Waals surface area contributed by atoms with E-state index < -0.39 is 20.4 Å². The lowest BCUT2D eigenvalue weighted by molar-refractivity contribution is -0.142. The second-order valence-corrected chi connectivity index (χ2v) is 15.7. The number of hydrogen-bond acceptors (Lipinski definition) is 4. The minimum atomic E-state index is -2.20. The third-order valence-corrected chi connectivity index (χ3v) is 11.3. The number of nitrogens with one attached hydrogen (secondary N) is 1. The van der Waals surface area contributed by atoms with Gasteiger partial charge in [0.05, 0.1) is 19.6 Å². The lowest BCUT2D eigenvalue weighted by Gasteiger charge is -2.39. The van der Waals surface area contributed by atoms with Crippen LogP contribution in [-0.2, 0) is 18.8 Å². The maximum absolute atomic E-state index is 13.5. The van der Waals surface area contributed by atoms with E-state index in [2.05, 4.69) is 52.7 Å². The summed E-state index contributed by atoms with van der Waals surface area (Å²) in [4.78, 5) is 28.5. The van der Waals surface area contributed by atoms with Gasteiger partial charge in [0.2, 0.25) is 0 Å². The number of esters is 1. The standard InChI is InChI=1S/C28H40FNO4Si/c1-18(2)27-24(26(19(3)30-27)20-10-12-21(29)13-11-20)15-14-22(31)16-23(17-25(32)33-7)34-35(8,9)28(4,5)6/h10-15,18,23,30H,16-17H2,1-9H3/b15-14+/t23-/m1/s1. The van der Waals surface area contributed by atoms with Crippen molar-refractivity contribution in [1.82, 2.24) is 4.98 Å². The number of carbonyl (C=O) groups is 2. The Morgan fingerprint density at radius 3 is 2.23 bits per heavy atom. The van der Waals surface area contributed by atoms with Crippen LogP contribution in [0.2, 0.25) is 18.1 Å². The number of hydrogen-bond donors (Lipinski definition) is 1. The van der Waals surface area contributed by atoms with Crippen molar-refractivity contribution in [3.05, 3.63) is 53.1 Å². The molecule has 0 saturated carbocycles. The first-order valence-corrected chi connectivity index (χ1v) is 15.0. The van der Waals surface area contributed by atoms with E-state index in [1.807, 2.05) is 13.0 Å². The first-order chi connectivity index (χ1) is 16.2. The lowest BCUT2D eigenvalue weighted by atomic mass is 9.96. The van der Waals surface area contributed by atoms with E-state index in [9.17, 15) is 14.0 Å². The van der Waals surface area contributed by atoms with Crippen LogP contribution < -0.4 is 0 Å². The maximum atomic E-state index is 13.5. The molecule has 0 radical (unpaired) electrons. The number of methoxy groups -OCH3 is 1. The SMILES string of the molecule is COC(=O)C[C@@H](CC(=O)/C=C/c1c(C(C)C)[nH]c(C)c1-c1ccc(F)cc1)O[Si](C)(C)C(C)(C)C. The van der Waals surface area contributed by atoms with Crippen molar-refractivity contribution < 1.29 is 23.1 Å². The first-order valence-electron chi connectivity index (χ1n) is 12.1. The molecule has 7 heteroatoms. The molecule has 0 aliphatic heterocycles. The molecule has 1 aromatic carbocycles. The number of aromatic nitrogens is 1. The molecule has 0 amide bonds. The Morgan fingerprint density at radius 2 is 1.71 bits per heavy atom. The Morgan fingerprint density at radius 1 is 1.11 bits per heavy atom. The molecule has 0 unspecified atom stereocenters. The van der Waals surface area contributed by atoms with Crippen molar-refractivity contribution in [1.29, 1.82) is 0 Å². The van der Waals surface area contributed by atoms with Crippen LogP contribution in [0, 0.1) is 12.7 Å². The maximum Gasteiger partial charge on any atom is 0.308 e. The molecule has 192 valence electrons. The van der Waals surface area contributed by atoms with Gasteiger partial charge in [-0.25, -0.2) is 4.39 Å². The highest BCUT2D eigenvalue weighted by Gasteiger charge is 2.39. The zero-order valence-electron chi connectivity index (χ0n) is 22.5. The van der Waals surface area contributed by atoms with Gasteiger partial charge >= 0.3 is 5.97 Å². The average molecular weight is 502 g/mol. The van der Waals surface area contributed by atoms with Crippen LogP contribution in [0.5, 0.6) is 0 Å². The number of ketones is 1. The van der Waals surface area contributed by atoms with E-state index in [0.29, 0.717) is 0 Å². The quantitative estimate of drug-likeness (QED) is 0.213. The third-order valence-electron chi connectivity index (χ3n) is 6.72.